The van der Waals surface area contributed by atoms with Crippen LogP contribution in [-0.4, -0.2) is 45.5 Å². The lowest BCUT2D eigenvalue weighted by Crippen LogP contribution is -2.37. The van der Waals surface area contributed by atoms with E-state index in [1.165, 1.54) is 6.33 Å². The monoisotopic (exact) mass is 254 g/mol. The Hall–Kier alpha value is -1.40. The van der Waals surface area contributed by atoms with Crippen molar-refractivity contribution in [1.82, 2.24) is 9.97 Å². The van der Waals surface area contributed by atoms with Crippen LogP contribution in [0.15, 0.2) is 6.33 Å². The Balaban J connectivity index is 2.85. The Kier molecular flexibility index (Phi) is 5.30. The topological polar surface area (TPSA) is 90.3 Å². The van der Waals surface area contributed by atoms with E-state index in [1.54, 1.807) is 6.92 Å². The maximum absolute atomic E-state index is 9.75. The molecule has 0 amide bonds. The first-order valence-corrected chi connectivity index (χ1v) is 6.19. The molecule has 1 aromatic rings. The van der Waals surface area contributed by atoms with Crippen LogP contribution >= 0.6 is 0 Å². The molecule has 0 aromatic carbocycles. The molecule has 0 aliphatic heterocycles. The van der Waals surface area contributed by atoms with Crippen LogP contribution in [0.3, 0.4) is 0 Å². The van der Waals surface area contributed by atoms with Crippen molar-refractivity contribution in [3.8, 4) is 0 Å². The van der Waals surface area contributed by atoms with Gasteiger partial charge in [-0.3, -0.25) is 0 Å². The maximum Gasteiger partial charge on any atom is 0.134 e. The molecule has 0 aliphatic carbocycles. The van der Waals surface area contributed by atoms with Crippen LogP contribution in [0.5, 0.6) is 0 Å². The Bertz CT molecular complexity index is 382. The molecule has 1 heterocycles. The van der Waals surface area contributed by atoms with Crippen LogP contribution in [0, 0.1) is 0 Å². The van der Waals surface area contributed by atoms with Crippen molar-refractivity contribution in [3.63, 3.8) is 0 Å². The Morgan fingerprint density at radius 2 is 1.83 bits per heavy atom. The first-order valence-electron chi connectivity index (χ1n) is 6.19. The van der Waals surface area contributed by atoms with E-state index in [1.807, 2.05) is 13.8 Å². The second-order valence-corrected chi connectivity index (χ2v) is 4.44. The summed E-state index contributed by atoms with van der Waals surface area (Å²) in [6.45, 7) is 6.32. The molecule has 0 saturated carbocycles. The van der Waals surface area contributed by atoms with Crippen LogP contribution < -0.4 is 10.6 Å². The zero-order chi connectivity index (χ0) is 13.6. The maximum atomic E-state index is 9.75. The average molecular weight is 254 g/mol. The van der Waals surface area contributed by atoms with E-state index in [4.69, 9.17) is 5.11 Å². The van der Waals surface area contributed by atoms with Gasteiger partial charge in [0.05, 0.1) is 6.61 Å². The summed E-state index contributed by atoms with van der Waals surface area (Å²) in [7, 11) is 0. The molecule has 1 unspecified atom stereocenters. The molecular formula is C12H22N4O2. The van der Waals surface area contributed by atoms with Crippen molar-refractivity contribution >= 4 is 11.6 Å². The number of rotatable bonds is 7. The summed E-state index contributed by atoms with van der Waals surface area (Å²) in [5, 5.41) is 25.0. The molecule has 1 atom stereocenters. The van der Waals surface area contributed by atoms with Crippen molar-refractivity contribution in [1.29, 1.82) is 0 Å². The van der Waals surface area contributed by atoms with Gasteiger partial charge in [-0.15, -0.1) is 0 Å². The van der Waals surface area contributed by atoms with Crippen LogP contribution in [-0.2, 0) is 6.42 Å². The molecule has 0 saturated heterocycles. The van der Waals surface area contributed by atoms with E-state index in [0.717, 1.165) is 24.3 Å². The number of nitrogens with zero attached hydrogens (tertiary/aromatic N) is 2. The fourth-order valence-electron chi connectivity index (χ4n) is 1.55. The van der Waals surface area contributed by atoms with Gasteiger partial charge in [0.15, 0.2) is 0 Å². The Labute approximate surface area is 107 Å². The number of aliphatic hydroxyl groups is 2. The molecule has 102 valence electrons. The highest BCUT2D eigenvalue weighted by atomic mass is 16.3. The highest BCUT2D eigenvalue weighted by Crippen LogP contribution is 2.20. The normalized spacial score (nSPS) is 14.1. The molecule has 6 heteroatoms. The van der Waals surface area contributed by atoms with Gasteiger partial charge in [-0.2, -0.15) is 0 Å². The van der Waals surface area contributed by atoms with E-state index < -0.39 is 5.60 Å². The third kappa shape index (κ3) is 3.82. The van der Waals surface area contributed by atoms with Crippen molar-refractivity contribution in [2.24, 2.45) is 0 Å². The summed E-state index contributed by atoms with van der Waals surface area (Å²) in [6, 6.07) is 0. The van der Waals surface area contributed by atoms with E-state index in [9.17, 15) is 5.11 Å². The fourth-order valence-corrected chi connectivity index (χ4v) is 1.55. The number of hydrogen-bond donors (Lipinski definition) is 4. The van der Waals surface area contributed by atoms with Gasteiger partial charge in [-0.1, -0.05) is 6.92 Å². The predicted molar refractivity (Wildman–Crippen MR) is 71.8 cm³/mol. The first-order chi connectivity index (χ1) is 8.54. The Morgan fingerprint density at radius 1 is 1.22 bits per heavy atom. The first kappa shape index (κ1) is 14.7. The van der Waals surface area contributed by atoms with Gasteiger partial charge in [0, 0.05) is 18.7 Å². The minimum Gasteiger partial charge on any atom is -0.393 e. The van der Waals surface area contributed by atoms with Crippen molar-refractivity contribution in [2.45, 2.75) is 32.8 Å². The second-order valence-electron chi connectivity index (χ2n) is 4.44. The lowest BCUT2D eigenvalue weighted by molar-refractivity contribution is 0.0131. The summed E-state index contributed by atoms with van der Waals surface area (Å²) in [4.78, 5) is 8.37. The second kappa shape index (κ2) is 6.51. The van der Waals surface area contributed by atoms with Crippen molar-refractivity contribution in [3.05, 3.63) is 11.9 Å². The molecule has 0 fully saturated rings. The van der Waals surface area contributed by atoms with Gasteiger partial charge in [0.2, 0.25) is 0 Å². The summed E-state index contributed by atoms with van der Waals surface area (Å²) < 4.78 is 0. The van der Waals surface area contributed by atoms with Gasteiger partial charge >= 0.3 is 0 Å². The molecule has 0 aliphatic rings. The van der Waals surface area contributed by atoms with Gasteiger partial charge in [-0.05, 0) is 20.3 Å². The smallest absolute Gasteiger partial charge is 0.134 e. The fraction of sp³-hybridized carbons (Fsp3) is 0.667. The van der Waals surface area contributed by atoms with Crippen molar-refractivity contribution in [2.75, 3.05) is 30.3 Å². The average Bonchev–Trinajstić information content (AvgIpc) is 2.37. The van der Waals surface area contributed by atoms with Crippen LogP contribution in [0.2, 0.25) is 0 Å². The lowest BCUT2D eigenvalue weighted by atomic mass is 10.1. The predicted octanol–water partition coefficient (Wildman–Crippen LogP) is 0.626. The van der Waals surface area contributed by atoms with E-state index in [-0.39, 0.29) is 13.2 Å². The third-order valence-corrected chi connectivity index (χ3v) is 2.62. The molecule has 0 bridgehead atoms. The Morgan fingerprint density at radius 3 is 2.33 bits per heavy atom. The van der Waals surface area contributed by atoms with Crippen LogP contribution in [0.25, 0.3) is 0 Å². The largest absolute Gasteiger partial charge is 0.393 e. The minimum absolute atomic E-state index is 0.235. The standard InChI is InChI=1S/C12H22N4O2/c1-4-9-10(13-5-2)15-8-16-11(9)14-6-12(3,18)7-17/h8,17-18H,4-7H2,1-3H3,(H2,13,14,15,16). The van der Waals surface area contributed by atoms with E-state index in [2.05, 4.69) is 20.6 Å². The number of aromatic nitrogens is 2. The van der Waals surface area contributed by atoms with Gasteiger partial charge in [0.25, 0.3) is 0 Å². The molecule has 6 nitrogen and oxygen atoms in total. The summed E-state index contributed by atoms with van der Waals surface area (Å²) in [5.41, 5.74) is -0.179. The highest BCUT2D eigenvalue weighted by molar-refractivity contribution is 5.57. The zero-order valence-corrected chi connectivity index (χ0v) is 11.2. The van der Waals surface area contributed by atoms with E-state index >= 15 is 0 Å². The van der Waals surface area contributed by atoms with Crippen LogP contribution in [0.4, 0.5) is 11.6 Å². The molecule has 4 N–H and O–H groups in total. The van der Waals surface area contributed by atoms with Gasteiger partial charge in [-0.25, -0.2) is 9.97 Å². The molecule has 18 heavy (non-hydrogen) atoms. The molecule has 0 spiro atoms. The highest BCUT2D eigenvalue weighted by Gasteiger charge is 2.19. The number of nitrogens with one attached hydrogen (secondary N) is 2. The third-order valence-electron chi connectivity index (χ3n) is 2.62. The quantitative estimate of drug-likeness (QED) is 0.570. The molecule has 0 radical (unpaired) electrons. The SMILES string of the molecule is CCNc1ncnc(NCC(C)(O)CO)c1CC. The molecular weight excluding hydrogens is 232 g/mol. The summed E-state index contributed by atoms with van der Waals surface area (Å²) >= 11 is 0. The number of aliphatic hydroxyl groups excluding tert-OH is 1. The number of hydrogen-bond acceptors (Lipinski definition) is 6. The lowest BCUT2D eigenvalue weighted by Gasteiger charge is -2.22. The molecule has 1 rings (SSSR count). The summed E-state index contributed by atoms with van der Waals surface area (Å²) in [5.74, 6) is 1.50. The van der Waals surface area contributed by atoms with Crippen molar-refractivity contribution < 1.29 is 10.2 Å². The van der Waals surface area contributed by atoms with E-state index in [0.29, 0.717) is 5.82 Å². The van der Waals surface area contributed by atoms with Gasteiger partial charge in [0.1, 0.15) is 23.6 Å². The number of anilines is 2. The van der Waals surface area contributed by atoms with Crippen LogP contribution in [0.1, 0.15) is 26.3 Å². The molecule has 1 aromatic heterocycles. The zero-order valence-electron chi connectivity index (χ0n) is 11.2. The minimum atomic E-state index is -1.16. The summed E-state index contributed by atoms with van der Waals surface area (Å²) in [6.07, 6.45) is 2.26. The van der Waals surface area contributed by atoms with Gasteiger partial charge < -0.3 is 20.8 Å².